The Balaban J connectivity index is 0.00000169. The summed E-state index contributed by atoms with van der Waals surface area (Å²) in [6.45, 7) is 0. The van der Waals surface area contributed by atoms with Crippen molar-refractivity contribution in [1.29, 1.82) is 0 Å². The first-order valence-corrected chi connectivity index (χ1v) is 3.84. The maximum atomic E-state index is 12.3. The molecule has 0 radical (unpaired) electrons. The first kappa shape index (κ1) is 13.5. The largest absolute Gasteiger partial charge is 0.480 e. The summed E-state index contributed by atoms with van der Waals surface area (Å²) in [6, 6.07) is -1.41. The van der Waals surface area contributed by atoms with Crippen LogP contribution in [0.4, 0.5) is 13.2 Å². The number of carboxylic acids is 1. The highest BCUT2D eigenvalue weighted by Crippen LogP contribution is 2.60. The van der Waals surface area contributed by atoms with Crippen LogP contribution in [0.2, 0.25) is 0 Å². The van der Waals surface area contributed by atoms with E-state index in [0.29, 0.717) is 0 Å². The number of alkyl halides is 3. The fourth-order valence-corrected chi connectivity index (χ4v) is 1.26. The highest BCUT2D eigenvalue weighted by Gasteiger charge is 2.63. The van der Waals surface area contributed by atoms with Gasteiger partial charge < -0.3 is 10.8 Å². The molecule has 84 valence electrons. The lowest BCUT2D eigenvalue weighted by atomic mass is 9.97. The van der Waals surface area contributed by atoms with E-state index in [1.165, 1.54) is 0 Å². The minimum atomic E-state index is -4.32. The number of aliphatic carboxylic acids is 1. The molecule has 1 saturated carbocycles. The number of nitrogens with two attached hydrogens (primary N) is 1. The van der Waals surface area contributed by atoms with Crippen LogP contribution in [0.3, 0.4) is 0 Å². The minimum Gasteiger partial charge on any atom is -0.480 e. The quantitative estimate of drug-likeness (QED) is 0.778. The Morgan fingerprint density at radius 1 is 1.50 bits per heavy atom. The molecule has 1 fully saturated rings. The molecular weight excluding hydrogens is 223 g/mol. The summed E-state index contributed by atoms with van der Waals surface area (Å²) in [6.07, 6.45) is -4.83. The first-order chi connectivity index (χ1) is 5.78. The van der Waals surface area contributed by atoms with Gasteiger partial charge in [-0.25, -0.2) is 0 Å². The van der Waals surface area contributed by atoms with Crippen molar-refractivity contribution in [2.75, 3.05) is 0 Å². The third kappa shape index (κ3) is 2.51. The third-order valence-electron chi connectivity index (χ3n) is 2.38. The van der Waals surface area contributed by atoms with Crippen molar-refractivity contribution in [2.24, 2.45) is 11.1 Å². The maximum absolute atomic E-state index is 12.3. The van der Waals surface area contributed by atoms with E-state index in [4.69, 9.17) is 10.8 Å². The van der Waals surface area contributed by atoms with E-state index in [1.807, 2.05) is 0 Å². The highest BCUT2D eigenvalue weighted by atomic mass is 35.5. The van der Waals surface area contributed by atoms with Crippen molar-refractivity contribution in [1.82, 2.24) is 0 Å². The minimum absolute atomic E-state index is 0. The molecule has 3 N–H and O–H groups in total. The Morgan fingerprint density at radius 2 is 1.93 bits per heavy atom. The Hall–Kier alpha value is -0.490. The van der Waals surface area contributed by atoms with Crippen LogP contribution in [-0.4, -0.2) is 23.3 Å². The molecule has 0 aliphatic heterocycles. The van der Waals surface area contributed by atoms with E-state index in [1.54, 1.807) is 0 Å². The van der Waals surface area contributed by atoms with E-state index in [-0.39, 0.29) is 25.2 Å². The summed E-state index contributed by atoms with van der Waals surface area (Å²) in [5, 5.41) is 8.35. The van der Waals surface area contributed by atoms with E-state index in [0.717, 1.165) is 0 Å². The molecule has 0 aromatic heterocycles. The monoisotopic (exact) mass is 233 g/mol. The molecule has 1 aliphatic rings. The molecular formula is C7H11ClF3NO2. The highest BCUT2D eigenvalue weighted by molar-refractivity contribution is 5.85. The summed E-state index contributed by atoms with van der Waals surface area (Å²) < 4.78 is 36.8. The van der Waals surface area contributed by atoms with Crippen molar-refractivity contribution in [3.63, 3.8) is 0 Å². The van der Waals surface area contributed by atoms with Crippen molar-refractivity contribution in [3.05, 3.63) is 0 Å². The molecule has 3 nitrogen and oxygen atoms in total. The van der Waals surface area contributed by atoms with Gasteiger partial charge in [-0.1, -0.05) is 0 Å². The molecule has 0 heterocycles. The smallest absolute Gasteiger partial charge is 0.394 e. The van der Waals surface area contributed by atoms with Gasteiger partial charge in [-0.2, -0.15) is 13.2 Å². The Labute approximate surface area is 84.9 Å². The number of hydrogen-bond acceptors (Lipinski definition) is 2. The van der Waals surface area contributed by atoms with Gasteiger partial charge >= 0.3 is 12.1 Å². The zero-order chi connectivity index (χ0) is 10.3. The molecule has 0 saturated heterocycles. The van der Waals surface area contributed by atoms with Crippen LogP contribution in [0, 0.1) is 5.41 Å². The van der Waals surface area contributed by atoms with Crippen LogP contribution in [0.15, 0.2) is 0 Å². The SMILES string of the molecule is Cl.N[C@@H](CC1(C(F)(F)F)CC1)C(=O)O. The van der Waals surface area contributed by atoms with Crippen molar-refractivity contribution < 1.29 is 23.1 Å². The Morgan fingerprint density at radius 3 is 2.14 bits per heavy atom. The Kier molecular flexibility index (Phi) is 3.80. The lowest BCUT2D eigenvalue weighted by Crippen LogP contribution is -2.37. The topological polar surface area (TPSA) is 63.3 Å². The summed E-state index contributed by atoms with van der Waals surface area (Å²) in [5.74, 6) is -1.38. The van der Waals surface area contributed by atoms with Crippen LogP contribution in [0.25, 0.3) is 0 Å². The lowest BCUT2D eigenvalue weighted by Gasteiger charge is -2.20. The zero-order valence-corrected chi connectivity index (χ0v) is 7.99. The van der Waals surface area contributed by atoms with Crippen LogP contribution >= 0.6 is 12.4 Å². The summed E-state index contributed by atoms with van der Waals surface area (Å²) >= 11 is 0. The molecule has 0 unspecified atom stereocenters. The van der Waals surface area contributed by atoms with Gasteiger partial charge in [0.05, 0.1) is 5.41 Å². The second kappa shape index (κ2) is 3.94. The number of rotatable bonds is 3. The van der Waals surface area contributed by atoms with Gasteiger partial charge in [0.15, 0.2) is 0 Å². The first-order valence-electron chi connectivity index (χ1n) is 3.84. The summed E-state index contributed by atoms with van der Waals surface area (Å²) in [5.41, 5.74) is 3.23. The van der Waals surface area contributed by atoms with E-state index >= 15 is 0 Å². The lowest BCUT2D eigenvalue weighted by molar-refractivity contribution is -0.190. The van der Waals surface area contributed by atoms with Gasteiger partial charge in [0.25, 0.3) is 0 Å². The molecule has 1 aliphatic carbocycles. The Bertz CT molecular complexity index is 227. The maximum Gasteiger partial charge on any atom is 0.394 e. The van der Waals surface area contributed by atoms with Crippen LogP contribution in [-0.2, 0) is 4.79 Å². The predicted octanol–water partition coefficient (Wildman–Crippen LogP) is 1.55. The normalized spacial score (nSPS) is 20.9. The number of carbonyl (C=O) groups is 1. The van der Waals surface area contributed by atoms with Gasteiger partial charge in [-0.3, -0.25) is 4.79 Å². The number of halogens is 4. The average Bonchev–Trinajstić information content (AvgIpc) is 2.66. The molecule has 0 amide bonds. The van der Waals surface area contributed by atoms with Crippen molar-refractivity contribution in [2.45, 2.75) is 31.5 Å². The molecule has 14 heavy (non-hydrogen) atoms. The van der Waals surface area contributed by atoms with Crippen LogP contribution in [0.1, 0.15) is 19.3 Å². The summed E-state index contributed by atoms with van der Waals surface area (Å²) in [4.78, 5) is 10.2. The molecule has 0 spiro atoms. The molecule has 0 aromatic rings. The van der Waals surface area contributed by atoms with Gasteiger partial charge in [0.2, 0.25) is 0 Å². The summed E-state index contributed by atoms with van der Waals surface area (Å²) in [7, 11) is 0. The van der Waals surface area contributed by atoms with Gasteiger partial charge in [0, 0.05) is 0 Å². The van der Waals surface area contributed by atoms with Crippen LogP contribution < -0.4 is 5.73 Å². The molecule has 7 heteroatoms. The van der Waals surface area contributed by atoms with E-state index in [9.17, 15) is 18.0 Å². The average molecular weight is 234 g/mol. The van der Waals surface area contributed by atoms with Crippen molar-refractivity contribution in [3.8, 4) is 0 Å². The molecule has 1 rings (SSSR count). The second-order valence-corrected chi connectivity index (χ2v) is 3.43. The van der Waals surface area contributed by atoms with Crippen LogP contribution in [0.5, 0.6) is 0 Å². The fraction of sp³-hybridized carbons (Fsp3) is 0.857. The van der Waals surface area contributed by atoms with Gasteiger partial charge in [0.1, 0.15) is 6.04 Å². The number of hydrogen-bond donors (Lipinski definition) is 2. The standard InChI is InChI=1S/C7H10F3NO2.ClH/c8-7(9,10)6(1-2-6)3-4(11)5(12)13;/h4H,1-3,11H2,(H,12,13);1H/t4-;/m0./s1. The molecule has 1 atom stereocenters. The van der Waals surface area contributed by atoms with Gasteiger partial charge in [-0.15, -0.1) is 12.4 Å². The van der Waals surface area contributed by atoms with Gasteiger partial charge in [-0.05, 0) is 19.3 Å². The zero-order valence-electron chi connectivity index (χ0n) is 7.17. The van der Waals surface area contributed by atoms with E-state index in [2.05, 4.69) is 0 Å². The third-order valence-corrected chi connectivity index (χ3v) is 2.38. The predicted molar refractivity (Wildman–Crippen MR) is 45.2 cm³/mol. The fourth-order valence-electron chi connectivity index (χ4n) is 1.26. The van der Waals surface area contributed by atoms with E-state index < -0.39 is 30.0 Å². The number of carboxylic acid groups (broad SMARTS) is 1. The molecule has 0 aromatic carbocycles. The molecule has 0 bridgehead atoms. The van der Waals surface area contributed by atoms with Crippen molar-refractivity contribution >= 4 is 18.4 Å². The second-order valence-electron chi connectivity index (χ2n) is 3.43.